The highest BCUT2D eigenvalue weighted by atomic mass is 35.5. The molecule has 0 aliphatic heterocycles. The standard InChI is InChI=1S/C19H18ClN3O/c1-14(16-7-3-2-4-8-16)23-19(24)17(11-21)13-22-12-15-6-5-9-18(20)10-15/h2-10,13-14,22H,12H2,1H3,(H,23,24)/b17-13-. The van der Waals surface area contributed by atoms with Gasteiger partial charge in [-0.3, -0.25) is 4.79 Å². The van der Waals surface area contributed by atoms with Crippen LogP contribution in [0.15, 0.2) is 66.4 Å². The maximum Gasteiger partial charge on any atom is 0.263 e. The van der Waals surface area contributed by atoms with Gasteiger partial charge in [-0.1, -0.05) is 54.1 Å². The molecule has 5 heteroatoms. The third-order valence-electron chi connectivity index (χ3n) is 3.45. The summed E-state index contributed by atoms with van der Waals surface area (Å²) in [7, 11) is 0. The normalized spacial score (nSPS) is 12.1. The van der Waals surface area contributed by atoms with Crippen molar-refractivity contribution in [2.45, 2.75) is 19.5 Å². The summed E-state index contributed by atoms with van der Waals surface area (Å²) in [5.41, 5.74) is 1.98. The predicted molar refractivity (Wildman–Crippen MR) is 95.0 cm³/mol. The van der Waals surface area contributed by atoms with E-state index in [0.29, 0.717) is 11.6 Å². The van der Waals surface area contributed by atoms with E-state index < -0.39 is 5.91 Å². The highest BCUT2D eigenvalue weighted by molar-refractivity contribution is 6.30. The minimum atomic E-state index is -0.410. The zero-order valence-corrected chi connectivity index (χ0v) is 14.0. The van der Waals surface area contributed by atoms with Crippen molar-refractivity contribution in [1.82, 2.24) is 10.6 Å². The minimum absolute atomic E-state index is 0.0276. The Balaban J connectivity index is 1.94. The van der Waals surface area contributed by atoms with E-state index in [0.717, 1.165) is 11.1 Å². The van der Waals surface area contributed by atoms with Crippen molar-refractivity contribution in [3.8, 4) is 6.07 Å². The van der Waals surface area contributed by atoms with Gasteiger partial charge in [-0.2, -0.15) is 5.26 Å². The molecule has 4 nitrogen and oxygen atoms in total. The molecule has 0 spiro atoms. The lowest BCUT2D eigenvalue weighted by Crippen LogP contribution is -2.28. The molecule has 1 amide bonds. The summed E-state index contributed by atoms with van der Waals surface area (Å²) in [5, 5.41) is 15.6. The van der Waals surface area contributed by atoms with Crippen molar-refractivity contribution in [2.24, 2.45) is 0 Å². The summed E-state index contributed by atoms with van der Waals surface area (Å²) in [4.78, 5) is 12.2. The first-order valence-electron chi connectivity index (χ1n) is 7.54. The summed E-state index contributed by atoms with van der Waals surface area (Å²) in [6, 6.07) is 18.7. The molecule has 2 N–H and O–H groups in total. The smallest absolute Gasteiger partial charge is 0.263 e. The quantitative estimate of drug-likeness (QED) is 0.622. The SMILES string of the molecule is CC(NC(=O)/C(C#N)=C\NCc1cccc(Cl)c1)c1ccccc1. The van der Waals surface area contributed by atoms with Gasteiger partial charge in [0.25, 0.3) is 5.91 Å². The zero-order valence-electron chi connectivity index (χ0n) is 13.3. The Kier molecular flexibility index (Phi) is 6.41. The molecule has 2 aromatic carbocycles. The van der Waals surface area contributed by atoms with Gasteiger partial charge in [0.05, 0.1) is 6.04 Å². The average Bonchev–Trinajstić information content (AvgIpc) is 2.59. The Morgan fingerprint density at radius 2 is 2.00 bits per heavy atom. The lowest BCUT2D eigenvalue weighted by Gasteiger charge is -2.13. The van der Waals surface area contributed by atoms with Gasteiger partial charge in [0.2, 0.25) is 0 Å². The lowest BCUT2D eigenvalue weighted by molar-refractivity contribution is -0.117. The highest BCUT2D eigenvalue weighted by Gasteiger charge is 2.13. The molecule has 0 fully saturated rings. The maximum atomic E-state index is 12.2. The Bertz CT molecular complexity index is 766. The molecule has 24 heavy (non-hydrogen) atoms. The van der Waals surface area contributed by atoms with Gasteiger partial charge in [0, 0.05) is 17.8 Å². The van der Waals surface area contributed by atoms with E-state index in [-0.39, 0.29) is 11.6 Å². The van der Waals surface area contributed by atoms with Crippen LogP contribution in [0.4, 0.5) is 0 Å². The number of nitrogens with one attached hydrogen (secondary N) is 2. The van der Waals surface area contributed by atoms with Gasteiger partial charge in [0.1, 0.15) is 11.6 Å². The fourth-order valence-corrected chi connectivity index (χ4v) is 2.38. The topological polar surface area (TPSA) is 64.9 Å². The second-order valence-corrected chi connectivity index (χ2v) is 5.72. The second-order valence-electron chi connectivity index (χ2n) is 5.29. The van der Waals surface area contributed by atoms with Crippen LogP contribution < -0.4 is 10.6 Å². The number of amides is 1. The van der Waals surface area contributed by atoms with Crippen molar-refractivity contribution in [3.05, 3.63) is 82.5 Å². The van der Waals surface area contributed by atoms with Crippen LogP contribution in [0.2, 0.25) is 5.02 Å². The molecule has 0 saturated heterocycles. The predicted octanol–water partition coefficient (Wildman–Crippen LogP) is 3.71. The number of halogens is 1. The van der Waals surface area contributed by atoms with Gasteiger partial charge in [-0.05, 0) is 30.2 Å². The van der Waals surface area contributed by atoms with Gasteiger partial charge in [-0.25, -0.2) is 0 Å². The van der Waals surface area contributed by atoms with Crippen LogP contribution in [0.5, 0.6) is 0 Å². The molecule has 0 aliphatic carbocycles. The number of carbonyl (C=O) groups is 1. The van der Waals surface area contributed by atoms with E-state index in [1.165, 1.54) is 6.20 Å². The molecule has 0 aromatic heterocycles. The molecule has 0 heterocycles. The monoisotopic (exact) mass is 339 g/mol. The molecular weight excluding hydrogens is 322 g/mol. The average molecular weight is 340 g/mol. The summed E-state index contributed by atoms with van der Waals surface area (Å²) in [5.74, 6) is -0.410. The molecule has 0 radical (unpaired) electrons. The minimum Gasteiger partial charge on any atom is -0.386 e. The Labute approximate surface area is 146 Å². The summed E-state index contributed by atoms with van der Waals surface area (Å²) < 4.78 is 0. The number of hydrogen-bond acceptors (Lipinski definition) is 3. The van der Waals surface area contributed by atoms with Gasteiger partial charge in [-0.15, -0.1) is 0 Å². The van der Waals surface area contributed by atoms with Crippen molar-refractivity contribution in [2.75, 3.05) is 0 Å². The number of rotatable bonds is 6. The maximum absolute atomic E-state index is 12.2. The number of carbonyl (C=O) groups excluding carboxylic acids is 1. The number of nitrogens with zero attached hydrogens (tertiary/aromatic N) is 1. The third-order valence-corrected chi connectivity index (χ3v) is 3.69. The van der Waals surface area contributed by atoms with Crippen LogP contribution in [0.1, 0.15) is 24.1 Å². The van der Waals surface area contributed by atoms with E-state index in [9.17, 15) is 10.1 Å². The second kappa shape index (κ2) is 8.76. The van der Waals surface area contributed by atoms with Crippen LogP contribution in [0, 0.1) is 11.3 Å². The number of hydrogen-bond donors (Lipinski definition) is 2. The summed E-state index contributed by atoms with van der Waals surface area (Å²) >= 11 is 5.92. The summed E-state index contributed by atoms with van der Waals surface area (Å²) in [6.45, 7) is 2.36. The van der Waals surface area contributed by atoms with Crippen molar-refractivity contribution >= 4 is 17.5 Å². The molecule has 1 unspecified atom stereocenters. The van der Waals surface area contributed by atoms with Crippen molar-refractivity contribution in [1.29, 1.82) is 5.26 Å². The van der Waals surface area contributed by atoms with E-state index in [1.807, 2.05) is 61.5 Å². The Morgan fingerprint density at radius 3 is 2.67 bits per heavy atom. The van der Waals surface area contributed by atoms with E-state index >= 15 is 0 Å². The van der Waals surface area contributed by atoms with E-state index in [2.05, 4.69) is 10.6 Å². The van der Waals surface area contributed by atoms with Crippen molar-refractivity contribution < 1.29 is 4.79 Å². The molecule has 2 rings (SSSR count). The van der Waals surface area contributed by atoms with Gasteiger partial charge in [0.15, 0.2) is 0 Å². The van der Waals surface area contributed by atoms with Crippen molar-refractivity contribution in [3.63, 3.8) is 0 Å². The fraction of sp³-hybridized carbons (Fsp3) is 0.158. The first-order chi connectivity index (χ1) is 11.6. The molecule has 1 atom stereocenters. The molecule has 0 bridgehead atoms. The first kappa shape index (κ1) is 17.6. The van der Waals surface area contributed by atoms with E-state index in [4.69, 9.17) is 11.6 Å². The Morgan fingerprint density at radius 1 is 1.25 bits per heavy atom. The fourth-order valence-electron chi connectivity index (χ4n) is 2.17. The van der Waals surface area contributed by atoms with Crippen LogP contribution >= 0.6 is 11.6 Å². The first-order valence-corrected chi connectivity index (χ1v) is 7.92. The molecule has 0 saturated carbocycles. The van der Waals surface area contributed by atoms with Gasteiger partial charge >= 0.3 is 0 Å². The zero-order chi connectivity index (χ0) is 17.4. The molecular formula is C19H18ClN3O. The lowest BCUT2D eigenvalue weighted by atomic mass is 10.1. The van der Waals surface area contributed by atoms with Crippen LogP contribution in [0.3, 0.4) is 0 Å². The summed E-state index contributed by atoms with van der Waals surface area (Å²) in [6.07, 6.45) is 1.42. The molecule has 122 valence electrons. The highest BCUT2D eigenvalue weighted by Crippen LogP contribution is 2.12. The van der Waals surface area contributed by atoms with Crippen LogP contribution in [0.25, 0.3) is 0 Å². The number of benzene rings is 2. The largest absolute Gasteiger partial charge is 0.386 e. The number of nitriles is 1. The third kappa shape index (κ3) is 5.15. The van der Waals surface area contributed by atoms with Crippen LogP contribution in [-0.2, 0) is 11.3 Å². The van der Waals surface area contributed by atoms with Gasteiger partial charge < -0.3 is 10.6 Å². The Hall–Kier alpha value is -2.77. The van der Waals surface area contributed by atoms with Crippen LogP contribution in [-0.4, -0.2) is 5.91 Å². The molecule has 0 aliphatic rings. The molecule has 2 aromatic rings. The van der Waals surface area contributed by atoms with E-state index in [1.54, 1.807) is 6.07 Å².